The molecule has 3 aromatic rings. The number of benzene rings is 3. The molecule has 1 atom stereocenters. The van der Waals surface area contributed by atoms with Crippen LogP contribution in [0.1, 0.15) is 69.2 Å². The van der Waals surface area contributed by atoms with E-state index in [1.165, 1.54) is 5.56 Å². The van der Waals surface area contributed by atoms with Crippen molar-refractivity contribution in [3.63, 3.8) is 0 Å². The Kier molecular flexibility index (Phi) is 11.2. The van der Waals surface area contributed by atoms with Gasteiger partial charge in [-0.15, -0.1) is 0 Å². The van der Waals surface area contributed by atoms with Crippen LogP contribution in [-0.4, -0.2) is 24.2 Å². The van der Waals surface area contributed by atoms with Crippen molar-refractivity contribution >= 4 is 17.7 Å². The lowest BCUT2D eigenvalue weighted by Gasteiger charge is -2.29. The van der Waals surface area contributed by atoms with E-state index < -0.39 is 11.7 Å². The molecular weight excluding hydrogens is 500 g/mol. The fourth-order valence-electron chi connectivity index (χ4n) is 4.58. The molecular formula is C34H44N2O4. The van der Waals surface area contributed by atoms with Crippen LogP contribution in [0.3, 0.4) is 0 Å². The molecule has 0 aliphatic rings. The Hall–Kier alpha value is -3.80. The molecule has 40 heavy (non-hydrogen) atoms. The molecule has 2 amide bonds. The zero-order valence-electron chi connectivity index (χ0n) is 24.8. The SMILES string of the molecule is CCCC(CCOc1ccc(CNC(=O)OC(C)(C)C)cc1)C(=O)N(Cc1ccccc1C)c1ccccc1C. The summed E-state index contributed by atoms with van der Waals surface area (Å²) in [5, 5.41) is 2.76. The Morgan fingerprint density at radius 1 is 0.875 bits per heavy atom. The monoisotopic (exact) mass is 544 g/mol. The summed E-state index contributed by atoms with van der Waals surface area (Å²) < 4.78 is 11.3. The topological polar surface area (TPSA) is 67.9 Å². The van der Waals surface area contributed by atoms with Crippen LogP contribution >= 0.6 is 0 Å². The number of carbonyl (C=O) groups excluding carboxylic acids is 2. The second-order valence-corrected chi connectivity index (χ2v) is 11.3. The van der Waals surface area contributed by atoms with Gasteiger partial charge in [0.25, 0.3) is 0 Å². The van der Waals surface area contributed by atoms with Gasteiger partial charge in [0.05, 0.1) is 13.2 Å². The Morgan fingerprint density at radius 3 is 2.15 bits per heavy atom. The first-order valence-corrected chi connectivity index (χ1v) is 14.2. The van der Waals surface area contributed by atoms with Gasteiger partial charge < -0.3 is 19.7 Å². The van der Waals surface area contributed by atoms with E-state index >= 15 is 0 Å². The Labute approximate surface area is 239 Å². The Bertz CT molecular complexity index is 1250. The quantitative estimate of drug-likeness (QED) is 0.253. The van der Waals surface area contributed by atoms with Gasteiger partial charge in [0, 0.05) is 18.2 Å². The van der Waals surface area contributed by atoms with Crippen LogP contribution < -0.4 is 15.0 Å². The van der Waals surface area contributed by atoms with Gasteiger partial charge in [-0.2, -0.15) is 0 Å². The van der Waals surface area contributed by atoms with Gasteiger partial charge >= 0.3 is 6.09 Å². The van der Waals surface area contributed by atoms with E-state index in [0.29, 0.717) is 26.1 Å². The first-order valence-electron chi connectivity index (χ1n) is 14.2. The Morgan fingerprint density at radius 2 is 1.52 bits per heavy atom. The second-order valence-electron chi connectivity index (χ2n) is 11.3. The van der Waals surface area contributed by atoms with E-state index in [9.17, 15) is 9.59 Å². The van der Waals surface area contributed by atoms with Gasteiger partial charge in [-0.05, 0) is 87.9 Å². The predicted octanol–water partition coefficient (Wildman–Crippen LogP) is 7.75. The molecule has 0 saturated carbocycles. The zero-order chi connectivity index (χ0) is 29.1. The molecule has 0 aliphatic carbocycles. The van der Waals surface area contributed by atoms with Crippen molar-refractivity contribution in [3.8, 4) is 5.75 Å². The number of aryl methyl sites for hydroxylation is 2. The molecule has 0 aliphatic heterocycles. The summed E-state index contributed by atoms with van der Waals surface area (Å²) in [6, 6.07) is 23.9. The van der Waals surface area contributed by atoms with E-state index in [0.717, 1.165) is 41.0 Å². The minimum atomic E-state index is -0.532. The van der Waals surface area contributed by atoms with Crippen LogP contribution in [-0.2, 0) is 22.6 Å². The maximum Gasteiger partial charge on any atom is 0.407 e. The molecule has 0 fully saturated rings. The van der Waals surface area contributed by atoms with Crippen molar-refractivity contribution in [2.24, 2.45) is 5.92 Å². The average molecular weight is 545 g/mol. The summed E-state index contributed by atoms with van der Waals surface area (Å²) in [7, 11) is 0. The van der Waals surface area contributed by atoms with Crippen molar-refractivity contribution in [3.05, 3.63) is 95.1 Å². The highest BCUT2D eigenvalue weighted by atomic mass is 16.6. The lowest BCUT2D eigenvalue weighted by molar-refractivity contribution is -0.123. The lowest BCUT2D eigenvalue weighted by Crippen LogP contribution is -2.37. The Balaban J connectivity index is 1.64. The van der Waals surface area contributed by atoms with E-state index in [4.69, 9.17) is 9.47 Å². The molecule has 0 bridgehead atoms. The molecule has 0 saturated heterocycles. The number of hydrogen-bond acceptors (Lipinski definition) is 4. The summed E-state index contributed by atoms with van der Waals surface area (Å²) in [4.78, 5) is 27.9. The molecule has 6 nitrogen and oxygen atoms in total. The normalized spacial score (nSPS) is 11.9. The molecule has 3 rings (SSSR count). The maximum absolute atomic E-state index is 14.0. The number of amides is 2. The number of nitrogens with zero attached hydrogens (tertiary/aromatic N) is 1. The van der Waals surface area contributed by atoms with Gasteiger partial charge in [0.15, 0.2) is 0 Å². The molecule has 3 aromatic carbocycles. The van der Waals surface area contributed by atoms with Crippen LogP contribution in [0, 0.1) is 19.8 Å². The summed E-state index contributed by atoms with van der Waals surface area (Å²) in [6.45, 7) is 13.1. The van der Waals surface area contributed by atoms with Crippen molar-refractivity contribution in [1.82, 2.24) is 5.32 Å². The molecule has 6 heteroatoms. The largest absolute Gasteiger partial charge is 0.494 e. The molecule has 0 radical (unpaired) electrons. The minimum absolute atomic E-state index is 0.131. The fraction of sp³-hybridized carbons (Fsp3) is 0.412. The standard InChI is InChI=1S/C34H44N2O4/c1-7-12-28(21-22-39-30-19-17-27(18-20-30)23-35-33(38)40-34(4,5)6)32(37)36(31-16-11-9-14-26(31)3)24-29-15-10-8-13-25(29)2/h8-11,13-20,28H,7,12,21-24H2,1-6H3,(H,35,38). The third kappa shape index (κ3) is 9.44. The number of ether oxygens (including phenoxy) is 2. The van der Waals surface area contributed by atoms with Crippen LogP contribution in [0.2, 0.25) is 0 Å². The van der Waals surface area contributed by atoms with Crippen LogP contribution in [0.25, 0.3) is 0 Å². The summed E-state index contributed by atoms with van der Waals surface area (Å²) in [5.41, 5.74) is 4.77. The highest BCUT2D eigenvalue weighted by Crippen LogP contribution is 2.27. The molecule has 0 spiro atoms. The minimum Gasteiger partial charge on any atom is -0.494 e. The van der Waals surface area contributed by atoms with E-state index in [1.807, 2.05) is 80.3 Å². The molecule has 0 heterocycles. The van der Waals surface area contributed by atoms with Crippen LogP contribution in [0.15, 0.2) is 72.8 Å². The molecule has 214 valence electrons. The molecule has 1 unspecified atom stereocenters. The number of nitrogens with one attached hydrogen (secondary N) is 1. The maximum atomic E-state index is 14.0. The van der Waals surface area contributed by atoms with Gasteiger partial charge in [0.2, 0.25) is 5.91 Å². The van der Waals surface area contributed by atoms with Gasteiger partial charge in [-0.3, -0.25) is 4.79 Å². The van der Waals surface area contributed by atoms with Crippen molar-refractivity contribution < 1.29 is 19.1 Å². The van der Waals surface area contributed by atoms with Crippen LogP contribution in [0.4, 0.5) is 10.5 Å². The summed E-state index contributed by atoms with van der Waals surface area (Å²) in [5.74, 6) is 0.719. The van der Waals surface area contributed by atoms with Crippen molar-refractivity contribution in [2.45, 2.75) is 79.5 Å². The third-order valence-electron chi connectivity index (χ3n) is 6.74. The third-order valence-corrected chi connectivity index (χ3v) is 6.74. The van der Waals surface area contributed by atoms with Gasteiger partial charge in [-0.25, -0.2) is 4.79 Å². The van der Waals surface area contributed by atoms with E-state index in [-0.39, 0.29) is 11.8 Å². The van der Waals surface area contributed by atoms with Crippen molar-refractivity contribution in [2.75, 3.05) is 11.5 Å². The van der Waals surface area contributed by atoms with Crippen LogP contribution in [0.5, 0.6) is 5.75 Å². The van der Waals surface area contributed by atoms with Crippen molar-refractivity contribution in [1.29, 1.82) is 0 Å². The zero-order valence-corrected chi connectivity index (χ0v) is 24.8. The van der Waals surface area contributed by atoms with E-state index in [1.54, 1.807) is 0 Å². The lowest BCUT2D eigenvalue weighted by atomic mass is 9.97. The average Bonchev–Trinajstić information content (AvgIpc) is 2.91. The van der Waals surface area contributed by atoms with Gasteiger partial charge in [-0.1, -0.05) is 67.9 Å². The number of carbonyl (C=O) groups is 2. The van der Waals surface area contributed by atoms with E-state index in [2.05, 4.69) is 44.3 Å². The number of hydrogen-bond donors (Lipinski definition) is 1. The number of anilines is 1. The summed E-state index contributed by atoms with van der Waals surface area (Å²) in [6.07, 6.45) is 1.90. The second kappa shape index (κ2) is 14.5. The summed E-state index contributed by atoms with van der Waals surface area (Å²) >= 11 is 0. The smallest absolute Gasteiger partial charge is 0.407 e. The highest BCUT2D eigenvalue weighted by molar-refractivity contribution is 5.95. The first-order chi connectivity index (χ1) is 19.1. The fourth-order valence-corrected chi connectivity index (χ4v) is 4.58. The number of alkyl carbamates (subject to hydrolysis) is 1. The molecule has 0 aromatic heterocycles. The predicted molar refractivity (Wildman–Crippen MR) is 162 cm³/mol. The van der Waals surface area contributed by atoms with Gasteiger partial charge in [0.1, 0.15) is 11.4 Å². The number of rotatable bonds is 12. The first kappa shape index (κ1) is 30.7. The molecule has 1 N–H and O–H groups in total. The highest BCUT2D eigenvalue weighted by Gasteiger charge is 2.26. The number of para-hydroxylation sites is 1.